The fourth-order valence-electron chi connectivity index (χ4n) is 2.27. The van der Waals surface area contributed by atoms with E-state index in [1.54, 1.807) is 0 Å². The molecular weight excluding hydrogens is 300 g/mol. The van der Waals surface area contributed by atoms with Gasteiger partial charge >= 0.3 is 0 Å². The maximum absolute atomic E-state index is 13.8. The van der Waals surface area contributed by atoms with Gasteiger partial charge in [-0.3, -0.25) is 9.59 Å². The fraction of sp³-hybridized carbons (Fsp3) is 0.0667. The van der Waals surface area contributed by atoms with Crippen molar-refractivity contribution in [3.05, 3.63) is 64.2 Å². The molecule has 2 aromatic carbocycles. The smallest absolute Gasteiger partial charge is 0.299 e. The van der Waals surface area contributed by atoms with Crippen molar-refractivity contribution in [3.8, 4) is 0 Å². The molecule has 0 aliphatic carbocycles. The molecule has 2 aromatic rings. The molecule has 0 radical (unpaired) electrons. The van der Waals surface area contributed by atoms with Gasteiger partial charge in [-0.1, -0.05) is 17.7 Å². The molecule has 1 aliphatic rings. The predicted octanol–water partition coefficient (Wildman–Crippen LogP) is 3.35. The van der Waals surface area contributed by atoms with Gasteiger partial charge in [0.25, 0.3) is 11.7 Å². The number of fused-ring (bicyclic) bond motifs is 1. The molecule has 0 N–H and O–H groups in total. The minimum atomic E-state index is -0.824. The average Bonchev–Trinajstić information content (AvgIpc) is 2.67. The van der Waals surface area contributed by atoms with Crippen LogP contribution in [0.15, 0.2) is 36.4 Å². The second-order valence-electron chi connectivity index (χ2n) is 4.58. The summed E-state index contributed by atoms with van der Waals surface area (Å²) in [6.45, 7) is -0.230. The van der Waals surface area contributed by atoms with Crippen LogP contribution in [0.25, 0.3) is 0 Å². The Bertz CT molecular complexity index is 756. The van der Waals surface area contributed by atoms with Crippen LogP contribution in [0.1, 0.15) is 15.9 Å². The molecule has 1 aliphatic heterocycles. The van der Waals surface area contributed by atoms with E-state index >= 15 is 0 Å². The van der Waals surface area contributed by atoms with E-state index in [2.05, 4.69) is 0 Å². The summed E-state index contributed by atoms with van der Waals surface area (Å²) in [4.78, 5) is 24.9. The third kappa shape index (κ3) is 2.19. The Balaban J connectivity index is 2.06. The van der Waals surface area contributed by atoms with Crippen molar-refractivity contribution in [3.63, 3.8) is 0 Å². The normalized spacial score (nSPS) is 13.8. The zero-order chi connectivity index (χ0) is 15.1. The Morgan fingerprint density at radius 1 is 1.10 bits per heavy atom. The predicted molar refractivity (Wildman–Crippen MR) is 73.3 cm³/mol. The number of anilines is 1. The third-order valence-electron chi connectivity index (χ3n) is 3.31. The molecule has 0 unspecified atom stereocenters. The molecule has 21 heavy (non-hydrogen) atoms. The van der Waals surface area contributed by atoms with Crippen LogP contribution in [0.5, 0.6) is 0 Å². The average molecular weight is 308 g/mol. The number of halogens is 3. The quantitative estimate of drug-likeness (QED) is 0.798. The van der Waals surface area contributed by atoms with Crippen LogP contribution < -0.4 is 4.90 Å². The largest absolute Gasteiger partial charge is 0.300 e. The monoisotopic (exact) mass is 307 g/mol. The number of hydrogen-bond acceptors (Lipinski definition) is 2. The van der Waals surface area contributed by atoms with Crippen molar-refractivity contribution >= 4 is 29.0 Å². The summed E-state index contributed by atoms with van der Waals surface area (Å²) in [6, 6.07) is 7.54. The fourth-order valence-corrected chi connectivity index (χ4v) is 2.49. The standard InChI is InChI=1S/C15H8ClF2NO2/c16-11-2-1-3-12(18)10(11)7-19-13-6-8(17)4-5-9(13)14(20)15(19)21/h1-6H,7H2. The number of amides is 1. The summed E-state index contributed by atoms with van der Waals surface area (Å²) < 4.78 is 27.1. The number of Topliss-reactive ketones (excluding diaryl/α,β-unsaturated/α-hetero) is 1. The molecule has 6 heteroatoms. The van der Waals surface area contributed by atoms with Gasteiger partial charge in [0, 0.05) is 10.6 Å². The highest BCUT2D eigenvalue weighted by atomic mass is 35.5. The molecule has 0 saturated carbocycles. The van der Waals surface area contributed by atoms with E-state index in [1.807, 2.05) is 0 Å². The van der Waals surface area contributed by atoms with Crippen LogP contribution in [0.4, 0.5) is 14.5 Å². The van der Waals surface area contributed by atoms with Crippen LogP contribution in [0, 0.1) is 11.6 Å². The highest BCUT2D eigenvalue weighted by molar-refractivity contribution is 6.52. The molecule has 0 aromatic heterocycles. The lowest BCUT2D eigenvalue weighted by Gasteiger charge is -2.17. The Morgan fingerprint density at radius 3 is 2.57 bits per heavy atom. The first-order chi connectivity index (χ1) is 9.99. The van der Waals surface area contributed by atoms with Crippen molar-refractivity contribution in [2.24, 2.45) is 0 Å². The van der Waals surface area contributed by atoms with Crippen LogP contribution in [-0.4, -0.2) is 11.7 Å². The minimum Gasteiger partial charge on any atom is -0.300 e. The van der Waals surface area contributed by atoms with Crippen LogP contribution >= 0.6 is 11.6 Å². The summed E-state index contributed by atoms with van der Waals surface area (Å²) in [7, 11) is 0. The zero-order valence-corrected chi connectivity index (χ0v) is 11.3. The molecule has 3 rings (SSSR count). The molecule has 0 fully saturated rings. The van der Waals surface area contributed by atoms with E-state index in [4.69, 9.17) is 11.6 Å². The number of rotatable bonds is 2. The van der Waals surface area contributed by atoms with Crippen LogP contribution in [0.2, 0.25) is 5.02 Å². The third-order valence-corrected chi connectivity index (χ3v) is 3.67. The maximum atomic E-state index is 13.8. The number of carbonyl (C=O) groups excluding carboxylic acids is 2. The first kappa shape index (κ1) is 13.7. The van der Waals surface area contributed by atoms with Gasteiger partial charge < -0.3 is 4.90 Å². The Kier molecular flexibility index (Phi) is 3.22. The number of carbonyl (C=O) groups is 2. The SMILES string of the molecule is O=C1C(=O)N(Cc2c(F)cccc2Cl)c2cc(F)ccc21. The van der Waals surface area contributed by atoms with E-state index < -0.39 is 23.3 Å². The molecule has 0 atom stereocenters. The first-order valence-corrected chi connectivity index (χ1v) is 6.45. The highest BCUT2D eigenvalue weighted by Gasteiger charge is 2.36. The summed E-state index contributed by atoms with van der Waals surface area (Å²) >= 11 is 5.91. The summed E-state index contributed by atoms with van der Waals surface area (Å²) in [6.07, 6.45) is 0. The van der Waals surface area contributed by atoms with Crippen molar-refractivity contribution in [2.45, 2.75) is 6.54 Å². The lowest BCUT2D eigenvalue weighted by Crippen LogP contribution is -2.29. The van der Waals surface area contributed by atoms with Crippen molar-refractivity contribution < 1.29 is 18.4 Å². The van der Waals surface area contributed by atoms with Gasteiger partial charge in [-0.05, 0) is 30.3 Å². The number of hydrogen-bond donors (Lipinski definition) is 0. The van der Waals surface area contributed by atoms with Gasteiger partial charge in [0.05, 0.1) is 17.8 Å². The number of ketones is 1. The highest BCUT2D eigenvalue weighted by Crippen LogP contribution is 2.32. The van der Waals surface area contributed by atoms with Crippen molar-refractivity contribution in [2.75, 3.05) is 4.90 Å². The van der Waals surface area contributed by atoms with E-state index in [0.717, 1.165) is 17.0 Å². The maximum Gasteiger partial charge on any atom is 0.299 e. The lowest BCUT2D eigenvalue weighted by atomic mass is 10.1. The molecule has 0 saturated heterocycles. The van der Waals surface area contributed by atoms with Gasteiger partial charge in [0.1, 0.15) is 11.6 Å². The minimum absolute atomic E-state index is 0.0810. The topological polar surface area (TPSA) is 37.4 Å². The first-order valence-electron chi connectivity index (χ1n) is 6.07. The van der Waals surface area contributed by atoms with Crippen molar-refractivity contribution in [1.29, 1.82) is 0 Å². The van der Waals surface area contributed by atoms with Gasteiger partial charge in [0.2, 0.25) is 0 Å². The Morgan fingerprint density at radius 2 is 1.86 bits per heavy atom. The van der Waals surface area contributed by atoms with Gasteiger partial charge in [-0.25, -0.2) is 8.78 Å². The summed E-state index contributed by atoms with van der Waals surface area (Å²) in [5.41, 5.74) is 0.315. The second kappa shape index (κ2) is 4.93. The molecule has 0 bridgehead atoms. The van der Waals surface area contributed by atoms with Crippen LogP contribution in [0.3, 0.4) is 0 Å². The number of benzene rings is 2. The lowest BCUT2D eigenvalue weighted by molar-refractivity contribution is -0.114. The molecule has 1 heterocycles. The molecule has 1 amide bonds. The van der Waals surface area contributed by atoms with Crippen LogP contribution in [-0.2, 0) is 11.3 Å². The summed E-state index contributed by atoms with van der Waals surface area (Å²) in [5.74, 6) is -2.74. The van der Waals surface area contributed by atoms with Gasteiger partial charge in [0.15, 0.2) is 0 Å². The molecule has 3 nitrogen and oxygen atoms in total. The zero-order valence-electron chi connectivity index (χ0n) is 10.6. The van der Waals surface area contributed by atoms with E-state index in [9.17, 15) is 18.4 Å². The second-order valence-corrected chi connectivity index (χ2v) is 4.99. The Labute approximate surface area is 123 Å². The Hall–Kier alpha value is -2.27. The summed E-state index contributed by atoms with van der Waals surface area (Å²) in [5, 5.41) is 0.139. The van der Waals surface area contributed by atoms with E-state index in [0.29, 0.717) is 0 Å². The molecule has 106 valence electrons. The van der Waals surface area contributed by atoms with E-state index in [1.165, 1.54) is 24.3 Å². The molecular formula is C15H8ClF2NO2. The van der Waals surface area contributed by atoms with Gasteiger partial charge in [-0.15, -0.1) is 0 Å². The number of nitrogens with zero attached hydrogens (tertiary/aromatic N) is 1. The van der Waals surface area contributed by atoms with Crippen molar-refractivity contribution in [1.82, 2.24) is 0 Å². The van der Waals surface area contributed by atoms with Gasteiger partial charge in [-0.2, -0.15) is 0 Å². The van der Waals surface area contributed by atoms with E-state index in [-0.39, 0.29) is 28.4 Å². The molecule has 0 spiro atoms.